The van der Waals surface area contributed by atoms with Crippen LogP contribution in [0.4, 0.5) is 0 Å². The van der Waals surface area contributed by atoms with Gasteiger partial charge in [0.25, 0.3) is 0 Å². The van der Waals surface area contributed by atoms with Gasteiger partial charge in [0.05, 0.1) is 6.10 Å². The van der Waals surface area contributed by atoms with E-state index in [-0.39, 0.29) is 16.9 Å². The lowest BCUT2D eigenvalue weighted by atomic mass is 9.32. The minimum Gasteiger partial charge on any atom is -0.393 e. The Morgan fingerprint density at radius 3 is 2.12 bits per heavy atom. The van der Waals surface area contributed by atoms with Crippen molar-refractivity contribution in [1.29, 1.82) is 0 Å². The molecule has 0 radical (unpaired) electrons. The molecule has 0 aromatic heterocycles. The normalized spacial score (nSPS) is 55.0. The van der Waals surface area contributed by atoms with E-state index in [9.17, 15) is 9.90 Å². The van der Waals surface area contributed by atoms with Gasteiger partial charge in [-0.1, -0.05) is 46.8 Å². The number of hydrogen-bond donors (Lipinski definition) is 1. The van der Waals surface area contributed by atoms with E-state index in [1.165, 1.54) is 44.1 Å². The molecule has 5 aliphatic rings. The van der Waals surface area contributed by atoms with Gasteiger partial charge in [-0.15, -0.1) is 0 Å². The van der Waals surface area contributed by atoms with Gasteiger partial charge in [-0.05, 0) is 129 Å². The summed E-state index contributed by atoms with van der Waals surface area (Å²) < 4.78 is 0. The first-order valence-corrected chi connectivity index (χ1v) is 14.1. The lowest BCUT2D eigenvalue weighted by Crippen LogP contribution is -2.67. The Morgan fingerprint density at radius 2 is 1.48 bits per heavy atom. The van der Waals surface area contributed by atoms with Crippen molar-refractivity contribution < 1.29 is 9.90 Å². The van der Waals surface area contributed by atoms with Gasteiger partial charge in [-0.25, -0.2) is 0 Å². The predicted octanol–water partition coefficient (Wildman–Crippen LogP) is 7.59. The molecule has 186 valence electrons. The Kier molecular flexibility index (Phi) is 5.26. The van der Waals surface area contributed by atoms with Crippen LogP contribution in [0.2, 0.25) is 0 Å². The molecule has 33 heavy (non-hydrogen) atoms. The zero-order valence-corrected chi connectivity index (χ0v) is 22.6. The predicted molar refractivity (Wildman–Crippen MR) is 136 cm³/mol. The molecule has 5 saturated carbocycles. The number of allylic oxidation sites excluding steroid dienone is 1. The molecule has 0 saturated heterocycles. The van der Waals surface area contributed by atoms with Gasteiger partial charge in [-0.2, -0.15) is 0 Å². The summed E-state index contributed by atoms with van der Waals surface area (Å²) >= 11 is 0. The van der Waals surface area contributed by atoms with Crippen molar-refractivity contribution in [2.45, 2.75) is 119 Å². The van der Waals surface area contributed by atoms with E-state index < -0.39 is 0 Å². The summed E-state index contributed by atoms with van der Waals surface area (Å²) in [6.07, 6.45) is 11.7. The Bertz CT molecular complexity index is 857. The van der Waals surface area contributed by atoms with Gasteiger partial charge >= 0.3 is 0 Å². The van der Waals surface area contributed by atoms with Gasteiger partial charge in [0.15, 0.2) is 0 Å². The first-order chi connectivity index (χ1) is 15.3. The molecule has 5 aliphatic carbocycles. The van der Waals surface area contributed by atoms with Crippen LogP contribution in [-0.2, 0) is 4.79 Å². The summed E-state index contributed by atoms with van der Waals surface area (Å²) in [6, 6.07) is 0. The quantitative estimate of drug-likeness (QED) is 0.436. The Morgan fingerprint density at radius 1 is 0.788 bits per heavy atom. The molecule has 5 rings (SSSR count). The number of rotatable bonds is 2. The molecule has 0 heterocycles. The first-order valence-electron chi connectivity index (χ1n) is 14.1. The van der Waals surface area contributed by atoms with Crippen LogP contribution in [0.1, 0.15) is 113 Å². The number of Topliss-reactive ketones (excluding diaryl/α,β-unsaturated/α-hetero) is 1. The minimum absolute atomic E-state index is 0.0128. The Balaban J connectivity index is 1.57. The van der Waals surface area contributed by atoms with E-state index in [0.717, 1.165) is 31.6 Å². The number of carbonyl (C=O) groups is 1. The zero-order valence-electron chi connectivity index (χ0n) is 22.6. The highest BCUT2D eigenvalue weighted by molar-refractivity contribution is 5.83. The van der Waals surface area contributed by atoms with Gasteiger partial charge in [0.2, 0.25) is 0 Å². The number of hydrogen-bond acceptors (Lipinski definition) is 2. The van der Waals surface area contributed by atoms with E-state index in [0.29, 0.717) is 45.7 Å². The second-order valence-corrected chi connectivity index (χ2v) is 14.8. The van der Waals surface area contributed by atoms with Crippen molar-refractivity contribution in [2.75, 3.05) is 0 Å². The van der Waals surface area contributed by atoms with Crippen LogP contribution in [0.15, 0.2) is 12.2 Å². The van der Waals surface area contributed by atoms with E-state index in [1.807, 2.05) is 6.92 Å². The molecule has 0 bridgehead atoms. The van der Waals surface area contributed by atoms with Crippen molar-refractivity contribution in [3.05, 3.63) is 12.2 Å². The van der Waals surface area contributed by atoms with Crippen LogP contribution in [0.3, 0.4) is 0 Å². The molecule has 2 heteroatoms. The molecule has 1 N–H and O–H groups in total. The van der Waals surface area contributed by atoms with Crippen LogP contribution >= 0.6 is 0 Å². The summed E-state index contributed by atoms with van der Waals surface area (Å²) in [5, 5.41) is 10.9. The van der Waals surface area contributed by atoms with Gasteiger partial charge in [0.1, 0.15) is 5.78 Å². The lowest BCUT2D eigenvalue weighted by Gasteiger charge is -2.72. The van der Waals surface area contributed by atoms with E-state index >= 15 is 0 Å². The lowest BCUT2D eigenvalue weighted by molar-refractivity contribution is -0.246. The molecular weight excluding hydrogens is 404 g/mol. The maximum absolute atomic E-state index is 13.2. The molecule has 10 atom stereocenters. The van der Waals surface area contributed by atoms with E-state index in [1.54, 1.807) is 0 Å². The molecule has 0 spiro atoms. The third kappa shape index (κ3) is 2.80. The number of aliphatic hydroxyl groups excluding tert-OH is 1. The molecular formula is C31H50O2. The third-order valence-corrected chi connectivity index (χ3v) is 13.7. The van der Waals surface area contributed by atoms with E-state index in [4.69, 9.17) is 0 Å². The molecule has 5 fully saturated rings. The number of aliphatic hydroxyl groups is 1. The van der Waals surface area contributed by atoms with Crippen molar-refractivity contribution in [2.24, 2.45) is 56.7 Å². The van der Waals surface area contributed by atoms with Crippen molar-refractivity contribution in [1.82, 2.24) is 0 Å². The summed E-state index contributed by atoms with van der Waals surface area (Å²) in [4.78, 5) is 13.2. The summed E-state index contributed by atoms with van der Waals surface area (Å²) in [7, 11) is 0. The molecule has 2 nitrogen and oxygen atoms in total. The monoisotopic (exact) mass is 454 g/mol. The molecule has 4 unspecified atom stereocenters. The smallest absolute Gasteiger partial charge is 0.136 e. The Hall–Kier alpha value is -0.630. The van der Waals surface area contributed by atoms with Gasteiger partial charge < -0.3 is 5.11 Å². The standard InChI is InChI=1S/C31H50O2/c1-19(2)21-11-16-31(20(3)32)18-17-29(7)22(26(21)31)9-10-24-28(6)14-13-25(33)27(4,5)23(28)12-15-30(24,29)8/h21-26,33H,1,9-18H2,2-8H3/t21-,22?,23?,24?,25-,26?,28-,29+,30+,31+/m0/s1. The average molecular weight is 455 g/mol. The topological polar surface area (TPSA) is 37.3 Å². The number of fused-ring (bicyclic) bond motifs is 7. The second-order valence-electron chi connectivity index (χ2n) is 14.8. The van der Waals surface area contributed by atoms with Crippen molar-refractivity contribution >= 4 is 5.78 Å². The maximum atomic E-state index is 13.2. The van der Waals surface area contributed by atoms with Crippen LogP contribution in [0.5, 0.6) is 0 Å². The SMILES string of the molecule is C=C(C)[C@@H]1CC[C@]2(C(C)=O)CC[C@]3(C)C(CCC4[C@@]5(C)CC[C@H](O)C(C)(C)C5CC[C@]43C)C12. The average Bonchev–Trinajstić information content (AvgIpc) is 3.13. The van der Waals surface area contributed by atoms with Crippen LogP contribution in [-0.4, -0.2) is 17.0 Å². The highest BCUT2D eigenvalue weighted by Gasteiger charge is 2.71. The van der Waals surface area contributed by atoms with Crippen LogP contribution in [0.25, 0.3) is 0 Å². The van der Waals surface area contributed by atoms with Gasteiger partial charge in [0, 0.05) is 5.41 Å². The molecule has 0 amide bonds. The fraction of sp³-hybridized carbons (Fsp3) is 0.903. The largest absolute Gasteiger partial charge is 0.393 e. The van der Waals surface area contributed by atoms with Crippen LogP contribution < -0.4 is 0 Å². The molecule has 0 aromatic carbocycles. The van der Waals surface area contributed by atoms with Gasteiger partial charge in [-0.3, -0.25) is 4.79 Å². The van der Waals surface area contributed by atoms with E-state index in [2.05, 4.69) is 48.1 Å². The zero-order chi connectivity index (χ0) is 24.2. The molecule has 0 aromatic rings. The summed E-state index contributed by atoms with van der Waals surface area (Å²) in [6.45, 7) is 21.1. The fourth-order valence-electron chi connectivity index (χ4n) is 11.7. The highest BCUT2D eigenvalue weighted by atomic mass is 16.3. The second kappa shape index (κ2) is 7.21. The fourth-order valence-corrected chi connectivity index (χ4v) is 11.7. The van der Waals surface area contributed by atoms with Crippen molar-refractivity contribution in [3.8, 4) is 0 Å². The first kappa shape index (κ1) is 24.1. The summed E-state index contributed by atoms with van der Waals surface area (Å²) in [5.74, 6) is 3.47. The van der Waals surface area contributed by atoms with Crippen LogP contribution in [0, 0.1) is 56.7 Å². The third-order valence-electron chi connectivity index (χ3n) is 13.7. The highest BCUT2D eigenvalue weighted by Crippen LogP contribution is 2.77. The Labute approximate surface area is 203 Å². The number of carbonyl (C=O) groups excluding carboxylic acids is 1. The minimum atomic E-state index is -0.160. The van der Waals surface area contributed by atoms with Crippen molar-refractivity contribution in [3.63, 3.8) is 0 Å². The number of ketones is 1. The summed E-state index contributed by atoms with van der Waals surface area (Å²) in [5.41, 5.74) is 2.19. The maximum Gasteiger partial charge on any atom is 0.136 e. The molecule has 0 aliphatic heterocycles.